The maximum absolute atomic E-state index is 13.5. The lowest BCUT2D eigenvalue weighted by Crippen LogP contribution is -2.16. The maximum atomic E-state index is 13.5. The Balaban J connectivity index is 2.07. The van der Waals surface area contributed by atoms with Crippen molar-refractivity contribution in [3.8, 4) is 5.69 Å². The highest BCUT2D eigenvalue weighted by Crippen LogP contribution is 2.26. The van der Waals surface area contributed by atoms with E-state index in [1.165, 1.54) is 18.2 Å². The van der Waals surface area contributed by atoms with Gasteiger partial charge in [-0.05, 0) is 23.8 Å². The second kappa shape index (κ2) is 5.68. The van der Waals surface area contributed by atoms with E-state index >= 15 is 0 Å². The highest BCUT2D eigenvalue weighted by molar-refractivity contribution is 6.32. The Morgan fingerprint density at radius 2 is 1.90 bits per heavy atom. The van der Waals surface area contributed by atoms with Gasteiger partial charge in [0.25, 0.3) is 0 Å². The molecule has 3 aromatic rings. The minimum absolute atomic E-state index is 0.359. The number of halogens is 2. The van der Waals surface area contributed by atoms with Crippen LogP contribution in [-0.4, -0.2) is 9.55 Å². The van der Waals surface area contributed by atoms with Gasteiger partial charge in [-0.1, -0.05) is 41.9 Å². The van der Waals surface area contributed by atoms with Crippen molar-refractivity contribution in [2.45, 2.75) is 6.04 Å². The Morgan fingerprint density at radius 1 is 1.14 bits per heavy atom. The van der Waals surface area contributed by atoms with Gasteiger partial charge in [-0.2, -0.15) is 0 Å². The minimum atomic E-state index is -0.368. The predicted octanol–water partition coefficient (Wildman–Crippen LogP) is 3.71. The molecule has 106 valence electrons. The number of imidazole rings is 1. The molecule has 3 nitrogen and oxygen atoms in total. The van der Waals surface area contributed by atoms with E-state index in [0.29, 0.717) is 10.7 Å². The molecule has 0 fully saturated rings. The lowest BCUT2D eigenvalue weighted by Gasteiger charge is -2.16. The fraction of sp³-hybridized carbons (Fsp3) is 0.0625. The monoisotopic (exact) mass is 301 g/mol. The van der Waals surface area contributed by atoms with Gasteiger partial charge in [0.15, 0.2) is 0 Å². The Bertz CT molecular complexity index is 755. The van der Waals surface area contributed by atoms with Crippen LogP contribution in [0.1, 0.15) is 17.3 Å². The Kier molecular flexibility index (Phi) is 3.73. The van der Waals surface area contributed by atoms with Crippen LogP contribution in [0.2, 0.25) is 5.02 Å². The van der Waals surface area contributed by atoms with Crippen molar-refractivity contribution < 1.29 is 4.39 Å². The van der Waals surface area contributed by atoms with Gasteiger partial charge >= 0.3 is 0 Å². The van der Waals surface area contributed by atoms with Crippen molar-refractivity contribution in [1.29, 1.82) is 0 Å². The zero-order valence-electron chi connectivity index (χ0n) is 11.1. The first-order chi connectivity index (χ1) is 10.2. The minimum Gasteiger partial charge on any atom is -0.319 e. The number of hydrogen-bond donors (Lipinski definition) is 1. The molecule has 21 heavy (non-hydrogen) atoms. The molecule has 2 aromatic carbocycles. The van der Waals surface area contributed by atoms with Crippen LogP contribution >= 0.6 is 11.6 Å². The van der Waals surface area contributed by atoms with Crippen LogP contribution in [0, 0.1) is 5.82 Å². The van der Waals surface area contributed by atoms with Crippen molar-refractivity contribution >= 4 is 11.6 Å². The molecule has 0 saturated carbocycles. The van der Waals surface area contributed by atoms with Gasteiger partial charge in [0.1, 0.15) is 5.82 Å². The molecule has 3 rings (SSSR count). The van der Waals surface area contributed by atoms with Crippen LogP contribution in [-0.2, 0) is 0 Å². The molecule has 1 aromatic heterocycles. The van der Waals surface area contributed by atoms with E-state index in [1.807, 2.05) is 30.3 Å². The molecule has 0 bridgehead atoms. The summed E-state index contributed by atoms with van der Waals surface area (Å²) in [5, 5.41) is 0.441. The van der Waals surface area contributed by atoms with E-state index in [1.54, 1.807) is 17.1 Å². The molecule has 1 unspecified atom stereocenters. The lowest BCUT2D eigenvalue weighted by molar-refractivity contribution is 0.626. The van der Waals surface area contributed by atoms with Crippen LogP contribution < -0.4 is 5.73 Å². The standard InChI is InChI=1S/C16H13ClFN3/c17-13-7-6-12(18)8-14(13)21-10-20-9-15(21)16(19)11-4-2-1-3-5-11/h1-10,16H,19H2. The number of nitrogens with zero attached hydrogens (tertiary/aromatic N) is 2. The van der Waals surface area contributed by atoms with Crippen LogP contribution in [0.25, 0.3) is 5.69 Å². The van der Waals surface area contributed by atoms with Crippen molar-refractivity contribution in [2.75, 3.05) is 0 Å². The number of hydrogen-bond acceptors (Lipinski definition) is 2. The first-order valence-electron chi connectivity index (χ1n) is 6.45. The normalized spacial score (nSPS) is 12.3. The highest BCUT2D eigenvalue weighted by Gasteiger charge is 2.16. The molecule has 5 heteroatoms. The SMILES string of the molecule is NC(c1ccccc1)c1cncn1-c1cc(F)ccc1Cl. The second-order valence-corrected chi connectivity index (χ2v) is 5.08. The molecule has 0 radical (unpaired) electrons. The van der Waals surface area contributed by atoms with E-state index in [4.69, 9.17) is 17.3 Å². The van der Waals surface area contributed by atoms with E-state index in [2.05, 4.69) is 4.98 Å². The first kappa shape index (κ1) is 13.8. The summed E-state index contributed by atoms with van der Waals surface area (Å²) < 4.78 is 15.2. The van der Waals surface area contributed by atoms with E-state index in [0.717, 1.165) is 11.3 Å². The fourth-order valence-electron chi connectivity index (χ4n) is 2.24. The molecular weight excluding hydrogens is 289 g/mol. The summed E-state index contributed by atoms with van der Waals surface area (Å²) in [5.74, 6) is -0.359. The second-order valence-electron chi connectivity index (χ2n) is 4.67. The van der Waals surface area contributed by atoms with E-state index in [-0.39, 0.29) is 11.9 Å². The third kappa shape index (κ3) is 2.68. The van der Waals surface area contributed by atoms with Crippen molar-refractivity contribution in [3.05, 3.63) is 83.2 Å². The van der Waals surface area contributed by atoms with Gasteiger partial charge in [-0.25, -0.2) is 9.37 Å². The Labute approximate surface area is 126 Å². The zero-order chi connectivity index (χ0) is 14.8. The molecule has 0 amide bonds. The molecule has 0 aliphatic rings. The number of aromatic nitrogens is 2. The maximum Gasteiger partial charge on any atom is 0.125 e. The predicted molar refractivity (Wildman–Crippen MR) is 81.0 cm³/mol. The molecule has 0 aliphatic heterocycles. The molecule has 0 saturated heterocycles. The summed E-state index contributed by atoms with van der Waals surface area (Å²) in [5.41, 5.74) is 8.51. The third-order valence-electron chi connectivity index (χ3n) is 3.31. The number of rotatable bonds is 3. The summed E-state index contributed by atoms with van der Waals surface area (Å²) in [6.45, 7) is 0. The van der Waals surface area contributed by atoms with Crippen LogP contribution in [0.15, 0.2) is 61.1 Å². The molecule has 0 spiro atoms. The summed E-state index contributed by atoms with van der Waals surface area (Å²) in [7, 11) is 0. The summed E-state index contributed by atoms with van der Waals surface area (Å²) >= 11 is 6.15. The molecule has 2 N–H and O–H groups in total. The molecule has 1 heterocycles. The third-order valence-corrected chi connectivity index (χ3v) is 3.63. The van der Waals surface area contributed by atoms with Gasteiger partial charge in [-0.15, -0.1) is 0 Å². The molecule has 0 aliphatic carbocycles. The summed E-state index contributed by atoms with van der Waals surface area (Å²) in [6.07, 6.45) is 3.25. The zero-order valence-corrected chi connectivity index (χ0v) is 11.8. The summed E-state index contributed by atoms with van der Waals surface area (Å²) in [4.78, 5) is 4.12. The molecular formula is C16H13ClFN3. The number of benzene rings is 2. The van der Waals surface area contributed by atoms with Gasteiger partial charge in [0, 0.05) is 0 Å². The Hall–Kier alpha value is -2.17. The van der Waals surface area contributed by atoms with Crippen LogP contribution in [0.5, 0.6) is 0 Å². The van der Waals surface area contributed by atoms with Crippen molar-refractivity contribution in [3.63, 3.8) is 0 Å². The van der Waals surface area contributed by atoms with Gasteiger partial charge in [0.2, 0.25) is 0 Å². The Morgan fingerprint density at radius 3 is 2.67 bits per heavy atom. The van der Waals surface area contributed by atoms with Gasteiger partial charge < -0.3 is 5.73 Å². The average molecular weight is 302 g/mol. The van der Waals surface area contributed by atoms with Crippen molar-refractivity contribution in [1.82, 2.24) is 9.55 Å². The smallest absolute Gasteiger partial charge is 0.125 e. The average Bonchev–Trinajstić information content (AvgIpc) is 2.99. The molecule has 1 atom stereocenters. The van der Waals surface area contributed by atoms with Crippen molar-refractivity contribution in [2.24, 2.45) is 5.73 Å². The van der Waals surface area contributed by atoms with Crippen LogP contribution in [0.4, 0.5) is 4.39 Å². The van der Waals surface area contributed by atoms with Gasteiger partial charge in [-0.3, -0.25) is 4.57 Å². The first-order valence-corrected chi connectivity index (χ1v) is 6.83. The highest BCUT2D eigenvalue weighted by atomic mass is 35.5. The summed E-state index contributed by atoms with van der Waals surface area (Å²) in [6, 6.07) is 13.5. The van der Waals surface area contributed by atoms with Gasteiger partial charge in [0.05, 0.1) is 35.0 Å². The fourth-order valence-corrected chi connectivity index (χ4v) is 2.45. The topological polar surface area (TPSA) is 43.8 Å². The quantitative estimate of drug-likeness (QED) is 0.801. The van der Waals surface area contributed by atoms with Crippen LogP contribution in [0.3, 0.4) is 0 Å². The number of nitrogens with two attached hydrogens (primary N) is 1. The van der Waals surface area contributed by atoms with E-state index in [9.17, 15) is 4.39 Å². The van der Waals surface area contributed by atoms with E-state index < -0.39 is 0 Å². The largest absolute Gasteiger partial charge is 0.319 e. The lowest BCUT2D eigenvalue weighted by atomic mass is 10.1.